The molecule has 0 saturated carbocycles. The number of aryl methyl sites for hydroxylation is 1. The Morgan fingerprint density at radius 2 is 1.60 bits per heavy atom. The first-order valence-corrected chi connectivity index (χ1v) is 12.6. The van der Waals surface area contributed by atoms with Crippen LogP contribution < -0.4 is 4.90 Å². The Bertz CT molecular complexity index is 1010. The highest BCUT2D eigenvalue weighted by molar-refractivity contribution is 7.89. The molecule has 30 heavy (non-hydrogen) atoms. The number of hydrogen-bond donors (Lipinski definition) is 0. The van der Waals surface area contributed by atoms with Crippen molar-refractivity contribution in [1.29, 1.82) is 0 Å². The fraction of sp³-hybridized carbons (Fsp3) is 0.478. The lowest BCUT2D eigenvalue weighted by Gasteiger charge is -2.36. The Balaban J connectivity index is 1.83. The van der Waals surface area contributed by atoms with E-state index in [-0.39, 0.29) is 4.90 Å². The third-order valence-corrected chi connectivity index (χ3v) is 8.77. The highest BCUT2D eigenvalue weighted by Gasteiger charge is 2.31. The van der Waals surface area contributed by atoms with E-state index in [4.69, 9.17) is 11.6 Å². The molecule has 5 nitrogen and oxygen atoms in total. The van der Waals surface area contributed by atoms with E-state index in [2.05, 4.69) is 22.8 Å². The van der Waals surface area contributed by atoms with Gasteiger partial charge in [-0.3, -0.25) is 0 Å². The fourth-order valence-corrected chi connectivity index (χ4v) is 6.54. The molecule has 0 radical (unpaired) electrons. The number of sulfonamides is 1. The summed E-state index contributed by atoms with van der Waals surface area (Å²) in [6.45, 7) is 10.1. The van der Waals surface area contributed by atoms with Crippen LogP contribution in [0, 0.1) is 6.92 Å². The summed E-state index contributed by atoms with van der Waals surface area (Å²) < 4.78 is 28.5. The van der Waals surface area contributed by atoms with Crippen LogP contribution >= 0.6 is 11.6 Å². The molecule has 0 aromatic heterocycles. The smallest absolute Gasteiger partial charge is 0.244 e. The highest BCUT2D eigenvalue weighted by Crippen LogP contribution is 2.40. The predicted molar refractivity (Wildman–Crippen MR) is 124 cm³/mol. The summed E-state index contributed by atoms with van der Waals surface area (Å²) in [7, 11) is -3.63. The van der Waals surface area contributed by atoms with E-state index in [0.29, 0.717) is 18.1 Å². The predicted octanol–water partition coefficient (Wildman–Crippen LogP) is 4.24. The topological polar surface area (TPSA) is 43.9 Å². The number of anilines is 1. The number of likely N-dealkylation sites (N-methyl/N-ethyl adjacent to an activating group) is 1. The van der Waals surface area contributed by atoms with Gasteiger partial charge in [0.05, 0.1) is 5.02 Å². The van der Waals surface area contributed by atoms with Gasteiger partial charge >= 0.3 is 0 Å². The number of rotatable bonds is 5. The van der Waals surface area contributed by atoms with Gasteiger partial charge in [-0.05, 0) is 49.6 Å². The van der Waals surface area contributed by atoms with Gasteiger partial charge in [0.2, 0.25) is 10.0 Å². The molecule has 0 spiro atoms. The van der Waals surface area contributed by atoms with Crippen molar-refractivity contribution >= 4 is 27.3 Å². The molecular weight excluding hydrogens is 418 g/mol. The van der Waals surface area contributed by atoms with E-state index >= 15 is 0 Å². The summed E-state index contributed by atoms with van der Waals surface area (Å²) in [5.74, 6) is 0. The number of halogens is 1. The average Bonchev–Trinajstić information content (AvgIpc) is 3.30. The van der Waals surface area contributed by atoms with E-state index < -0.39 is 10.0 Å². The number of piperazine rings is 1. The van der Waals surface area contributed by atoms with Gasteiger partial charge in [0.25, 0.3) is 0 Å². The van der Waals surface area contributed by atoms with E-state index in [0.717, 1.165) is 67.9 Å². The number of nitrogens with zero attached hydrogens (tertiary/aromatic N) is 3. The van der Waals surface area contributed by atoms with Gasteiger partial charge in [0.1, 0.15) is 4.90 Å². The van der Waals surface area contributed by atoms with Crippen LogP contribution in [0.2, 0.25) is 5.02 Å². The van der Waals surface area contributed by atoms with Crippen LogP contribution in [0.4, 0.5) is 5.69 Å². The van der Waals surface area contributed by atoms with E-state index in [1.165, 1.54) is 0 Å². The quantitative estimate of drug-likeness (QED) is 0.687. The van der Waals surface area contributed by atoms with Crippen molar-refractivity contribution in [2.24, 2.45) is 0 Å². The zero-order valence-corrected chi connectivity index (χ0v) is 19.3. The molecule has 2 aromatic rings. The molecule has 0 bridgehead atoms. The number of benzene rings is 2. The molecule has 2 fully saturated rings. The summed E-state index contributed by atoms with van der Waals surface area (Å²) in [6, 6.07) is 11.9. The maximum Gasteiger partial charge on any atom is 0.244 e. The molecule has 0 aliphatic carbocycles. The largest absolute Gasteiger partial charge is 0.369 e. The lowest BCUT2D eigenvalue weighted by Crippen LogP contribution is -2.46. The molecule has 2 aliphatic heterocycles. The first-order chi connectivity index (χ1) is 14.4. The lowest BCUT2D eigenvalue weighted by molar-refractivity contribution is 0.271. The molecule has 162 valence electrons. The van der Waals surface area contributed by atoms with Gasteiger partial charge in [0.15, 0.2) is 0 Å². The molecule has 4 rings (SSSR count). The third kappa shape index (κ3) is 4.11. The van der Waals surface area contributed by atoms with Gasteiger partial charge in [-0.2, -0.15) is 4.31 Å². The molecule has 0 amide bonds. The SMILES string of the molecule is CCN1CCN(c2cc(-c3ccccc3C)c(Cl)c(S(=O)(=O)N3CCCC3)c2)CC1. The van der Waals surface area contributed by atoms with Crippen LogP contribution in [0.3, 0.4) is 0 Å². The van der Waals surface area contributed by atoms with Gasteiger partial charge in [-0.1, -0.05) is 42.8 Å². The summed E-state index contributed by atoms with van der Waals surface area (Å²) >= 11 is 6.80. The van der Waals surface area contributed by atoms with E-state index in [1.807, 2.05) is 31.2 Å². The molecule has 0 atom stereocenters. The van der Waals surface area contributed by atoms with E-state index in [9.17, 15) is 8.42 Å². The maximum absolute atomic E-state index is 13.5. The Morgan fingerprint density at radius 3 is 2.23 bits per heavy atom. The molecule has 0 N–H and O–H groups in total. The first kappa shape index (κ1) is 21.6. The zero-order valence-electron chi connectivity index (χ0n) is 17.8. The van der Waals surface area contributed by atoms with Gasteiger partial charge in [0, 0.05) is 50.5 Å². The fourth-order valence-electron chi connectivity index (χ4n) is 4.41. The normalized spacial score (nSPS) is 18.8. The summed E-state index contributed by atoms with van der Waals surface area (Å²) in [6.07, 6.45) is 1.81. The van der Waals surface area contributed by atoms with Gasteiger partial charge < -0.3 is 9.80 Å². The summed E-state index contributed by atoms with van der Waals surface area (Å²) in [5.41, 5.74) is 3.79. The lowest BCUT2D eigenvalue weighted by atomic mass is 9.99. The second kappa shape index (κ2) is 8.87. The summed E-state index contributed by atoms with van der Waals surface area (Å²) in [4.78, 5) is 4.93. The molecule has 7 heteroatoms. The van der Waals surface area contributed by atoms with Crippen molar-refractivity contribution in [3.63, 3.8) is 0 Å². The maximum atomic E-state index is 13.5. The highest BCUT2D eigenvalue weighted by atomic mass is 35.5. The minimum Gasteiger partial charge on any atom is -0.369 e. The van der Waals surface area contributed by atoms with Crippen molar-refractivity contribution in [3.8, 4) is 11.1 Å². The Hall–Kier alpha value is -1.60. The van der Waals surface area contributed by atoms with Gasteiger partial charge in [-0.15, -0.1) is 0 Å². The minimum atomic E-state index is -3.63. The second-order valence-electron chi connectivity index (χ2n) is 8.15. The van der Waals surface area contributed by atoms with Crippen LogP contribution in [0.25, 0.3) is 11.1 Å². The van der Waals surface area contributed by atoms with Crippen molar-refractivity contribution in [3.05, 3.63) is 47.0 Å². The summed E-state index contributed by atoms with van der Waals surface area (Å²) in [5, 5.41) is 0.326. The molecular formula is C23H30ClN3O2S. The molecule has 0 unspecified atom stereocenters. The zero-order chi connectivity index (χ0) is 21.3. The molecule has 2 heterocycles. The molecule has 2 aliphatic rings. The van der Waals surface area contributed by atoms with Crippen LogP contribution in [0.5, 0.6) is 0 Å². The van der Waals surface area contributed by atoms with Crippen LogP contribution in [0.15, 0.2) is 41.3 Å². The molecule has 2 saturated heterocycles. The Kier molecular flexibility index (Phi) is 6.39. The van der Waals surface area contributed by atoms with Crippen LogP contribution in [-0.2, 0) is 10.0 Å². The van der Waals surface area contributed by atoms with Crippen molar-refractivity contribution < 1.29 is 8.42 Å². The first-order valence-electron chi connectivity index (χ1n) is 10.8. The average molecular weight is 448 g/mol. The van der Waals surface area contributed by atoms with Crippen molar-refractivity contribution in [2.45, 2.75) is 31.6 Å². The number of hydrogen-bond acceptors (Lipinski definition) is 4. The molecule has 2 aromatic carbocycles. The van der Waals surface area contributed by atoms with Crippen LogP contribution in [0.1, 0.15) is 25.3 Å². The van der Waals surface area contributed by atoms with E-state index in [1.54, 1.807) is 10.4 Å². The van der Waals surface area contributed by atoms with Crippen LogP contribution in [-0.4, -0.2) is 63.4 Å². The monoisotopic (exact) mass is 447 g/mol. The second-order valence-corrected chi connectivity index (χ2v) is 10.4. The van der Waals surface area contributed by atoms with Crippen molar-refractivity contribution in [1.82, 2.24) is 9.21 Å². The Morgan fingerprint density at radius 1 is 0.933 bits per heavy atom. The van der Waals surface area contributed by atoms with Gasteiger partial charge in [-0.25, -0.2) is 8.42 Å². The van der Waals surface area contributed by atoms with Crippen molar-refractivity contribution in [2.75, 3.05) is 50.7 Å². The standard InChI is InChI=1S/C23H30ClN3O2S/c1-3-25-12-14-26(15-13-25)19-16-21(20-9-5-4-8-18(20)2)23(24)22(17-19)30(28,29)27-10-6-7-11-27/h4-5,8-9,16-17H,3,6-7,10-15H2,1-2H3. The minimum absolute atomic E-state index is 0.236. The Labute approximate surface area is 185 Å². The third-order valence-electron chi connectivity index (χ3n) is 6.33.